The minimum atomic E-state index is -0.110. The lowest BCUT2D eigenvalue weighted by Crippen LogP contribution is -2.37. The molecule has 0 aliphatic carbocycles. The van der Waals surface area contributed by atoms with Crippen LogP contribution in [0.3, 0.4) is 0 Å². The fraction of sp³-hybridized carbons (Fsp3) is 0.333. The fourth-order valence-electron chi connectivity index (χ4n) is 0.958. The molecule has 1 aromatic heterocycles. The van der Waals surface area contributed by atoms with Crippen LogP contribution in [0.4, 0.5) is 5.82 Å². The third kappa shape index (κ3) is 2.52. The van der Waals surface area contributed by atoms with Crippen LogP contribution in [0.2, 0.25) is 0 Å². The zero-order valence-electron chi connectivity index (χ0n) is 7.60. The summed E-state index contributed by atoms with van der Waals surface area (Å²) in [6.07, 6.45) is 2.85. The molecule has 0 fully saturated rings. The molecule has 13 heavy (non-hydrogen) atoms. The van der Waals surface area contributed by atoms with Gasteiger partial charge in [-0.05, 0) is 18.6 Å². The normalized spacial score (nSPS) is 9.69. The number of amides is 1. The van der Waals surface area contributed by atoms with Gasteiger partial charge in [-0.3, -0.25) is 4.79 Å². The highest BCUT2D eigenvalue weighted by atomic mass is 16.2. The van der Waals surface area contributed by atoms with Crippen LogP contribution in [0.5, 0.6) is 0 Å². The molecule has 4 heteroatoms. The Morgan fingerprint density at radius 3 is 2.92 bits per heavy atom. The van der Waals surface area contributed by atoms with Crippen molar-refractivity contribution in [1.82, 2.24) is 4.98 Å². The molecule has 0 bridgehead atoms. The largest absolute Gasteiger partial charge is 0.273 e. The van der Waals surface area contributed by atoms with Crippen molar-refractivity contribution in [2.75, 3.05) is 5.01 Å². The highest BCUT2D eigenvalue weighted by Crippen LogP contribution is 2.06. The van der Waals surface area contributed by atoms with Crippen molar-refractivity contribution in [2.24, 2.45) is 5.84 Å². The van der Waals surface area contributed by atoms with Crippen molar-refractivity contribution in [1.29, 1.82) is 0 Å². The molecule has 0 aliphatic rings. The molecule has 0 spiro atoms. The number of carbonyl (C=O) groups is 1. The molecule has 1 rings (SSSR count). The van der Waals surface area contributed by atoms with E-state index in [0.29, 0.717) is 12.2 Å². The second-order valence-corrected chi connectivity index (χ2v) is 2.70. The maximum absolute atomic E-state index is 11.3. The molecule has 0 aliphatic heterocycles. The molecular formula is C9H13N3O. The van der Waals surface area contributed by atoms with E-state index < -0.39 is 0 Å². The second kappa shape index (κ2) is 4.57. The summed E-state index contributed by atoms with van der Waals surface area (Å²) < 4.78 is 0. The summed E-state index contributed by atoms with van der Waals surface area (Å²) in [6.45, 7) is 1.93. The van der Waals surface area contributed by atoms with Crippen LogP contribution in [-0.2, 0) is 4.79 Å². The van der Waals surface area contributed by atoms with Gasteiger partial charge in [0.2, 0.25) is 5.91 Å². The number of rotatable bonds is 3. The molecule has 0 aromatic carbocycles. The van der Waals surface area contributed by atoms with Crippen molar-refractivity contribution in [3.8, 4) is 0 Å². The van der Waals surface area contributed by atoms with E-state index in [0.717, 1.165) is 11.4 Å². The number of pyridine rings is 1. The summed E-state index contributed by atoms with van der Waals surface area (Å²) in [5, 5.41) is 1.09. The average molecular weight is 179 g/mol. The van der Waals surface area contributed by atoms with E-state index in [1.165, 1.54) is 0 Å². The van der Waals surface area contributed by atoms with Crippen LogP contribution < -0.4 is 10.9 Å². The molecule has 0 radical (unpaired) electrons. The van der Waals surface area contributed by atoms with E-state index in [4.69, 9.17) is 5.84 Å². The topological polar surface area (TPSA) is 59.2 Å². The lowest BCUT2D eigenvalue weighted by molar-refractivity contribution is -0.118. The van der Waals surface area contributed by atoms with Crippen LogP contribution >= 0.6 is 0 Å². The summed E-state index contributed by atoms with van der Waals surface area (Å²) in [6, 6.07) is 5.27. The number of nitrogens with zero attached hydrogens (tertiary/aromatic N) is 2. The molecule has 0 unspecified atom stereocenters. The van der Waals surface area contributed by atoms with E-state index in [1.807, 2.05) is 6.92 Å². The van der Waals surface area contributed by atoms with Gasteiger partial charge >= 0.3 is 0 Å². The van der Waals surface area contributed by atoms with Gasteiger partial charge in [0.25, 0.3) is 0 Å². The lowest BCUT2D eigenvalue weighted by Gasteiger charge is -2.14. The number of carbonyl (C=O) groups excluding carboxylic acids is 1. The van der Waals surface area contributed by atoms with Gasteiger partial charge in [-0.25, -0.2) is 15.8 Å². The molecule has 1 aromatic rings. The summed E-state index contributed by atoms with van der Waals surface area (Å²) in [5.41, 5.74) is 0. The summed E-state index contributed by atoms with van der Waals surface area (Å²) in [4.78, 5) is 15.3. The van der Waals surface area contributed by atoms with Gasteiger partial charge in [0.15, 0.2) is 0 Å². The average Bonchev–Trinajstić information content (AvgIpc) is 2.18. The Balaban J connectivity index is 2.68. The van der Waals surface area contributed by atoms with E-state index in [1.54, 1.807) is 24.4 Å². The lowest BCUT2D eigenvalue weighted by atomic mass is 10.3. The Labute approximate surface area is 77.3 Å². The fourth-order valence-corrected chi connectivity index (χ4v) is 0.958. The number of hydrogen-bond acceptors (Lipinski definition) is 3. The van der Waals surface area contributed by atoms with Crippen LogP contribution in [0.15, 0.2) is 24.4 Å². The first-order valence-electron chi connectivity index (χ1n) is 4.24. The molecule has 0 saturated heterocycles. The second-order valence-electron chi connectivity index (χ2n) is 2.70. The molecule has 1 amide bonds. The molecule has 4 nitrogen and oxygen atoms in total. The van der Waals surface area contributed by atoms with Crippen LogP contribution in [0, 0.1) is 0 Å². The van der Waals surface area contributed by atoms with Gasteiger partial charge in [0.05, 0.1) is 0 Å². The number of hydrazine groups is 1. The monoisotopic (exact) mass is 179 g/mol. The Morgan fingerprint density at radius 1 is 1.62 bits per heavy atom. The maximum atomic E-state index is 11.3. The highest BCUT2D eigenvalue weighted by molar-refractivity contribution is 5.90. The Morgan fingerprint density at radius 2 is 2.38 bits per heavy atom. The van der Waals surface area contributed by atoms with E-state index >= 15 is 0 Å². The van der Waals surface area contributed by atoms with Gasteiger partial charge < -0.3 is 0 Å². The summed E-state index contributed by atoms with van der Waals surface area (Å²) in [7, 11) is 0. The van der Waals surface area contributed by atoms with Crippen molar-refractivity contribution >= 4 is 11.7 Å². The van der Waals surface area contributed by atoms with Crippen LogP contribution in [-0.4, -0.2) is 10.9 Å². The zero-order chi connectivity index (χ0) is 9.68. The van der Waals surface area contributed by atoms with Crippen molar-refractivity contribution < 1.29 is 4.79 Å². The first-order chi connectivity index (χ1) is 6.25. The predicted molar refractivity (Wildman–Crippen MR) is 50.8 cm³/mol. The minimum Gasteiger partial charge on any atom is -0.273 e. The summed E-state index contributed by atoms with van der Waals surface area (Å²) in [5.74, 6) is 5.92. The van der Waals surface area contributed by atoms with E-state index in [9.17, 15) is 4.79 Å². The van der Waals surface area contributed by atoms with E-state index in [-0.39, 0.29) is 5.91 Å². The highest BCUT2D eigenvalue weighted by Gasteiger charge is 2.10. The van der Waals surface area contributed by atoms with Crippen molar-refractivity contribution in [3.63, 3.8) is 0 Å². The Hall–Kier alpha value is -1.42. The van der Waals surface area contributed by atoms with Crippen LogP contribution in [0.25, 0.3) is 0 Å². The van der Waals surface area contributed by atoms with Gasteiger partial charge in [-0.1, -0.05) is 13.0 Å². The Bertz CT molecular complexity index is 273. The predicted octanol–water partition coefficient (Wildman–Crippen LogP) is 1.09. The van der Waals surface area contributed by atoms with Crippen LogP contribution in [0.1, 0.15) is 19.8 Å². The number of aromatic nitrogens is 1. The third-order valence-corrected chi connectivity index (χ3v) is 1.63. The quantitative estimate of drug-likeness (QED) is 0.429. The standard InChI is InChI=1S/C9H13N3O/c1-2-5-9(13)12(10)8-6-3-4-7-11-8/h3-4,6-7H,2,5,10H2,1H3. The van der Waals surface area contributed by atoms with Gasteiger partial charge in [-0.15, -0.1) is 0 Å². The van der Waals surface area contributed by atoms with Gasteiger partial charge in [0, 0.05) is 12.6 Å². The molecular weight excluding hydrogens is 166 g/mol. The molecule has 1 heterocycles. The molecule has 2 N–H and O–H groups in total. The third-order valence-electron chi connectivity index (χ3n) is 1.63. The first-order valence-corrected chi connectivity index (χ1v) is 4.24. The maximum Gasteiger partial charge on any atom is 0.242 e. The number of anilines is 1. The minimum absolute atomic E-state index is 0.110. The van der Waals surface area contributed by atoms with Crippen molar-refractivity contribution in [2.45, 2.75) is 19.8 Å². The number of nitrogens with two attached hydrogens (primary N) is 1. The summed E-state index contributed by atoms with van der Waals surface area (Å²) >= 11 is 0. The number of hydrogen-bond donors (Lipinski definition) is 1. The SMILES string of the molecule is CCCC(=O)N(N)c1ccccn1. The zero-order valence-corrected chi connectivity index (χ0v) is 7.60. The van der Waals surface area contributed by atoms with Gasteiger partial charge in [-0.2, -0.15) is 0 Å². The Kier molecular flexibility index (Phi) is 3.40. The molecule has 0 atom stereocenters. The van der Waals surface area contributed by atoms with E-state index in [2.05, 4.69) is 4.98 Å². The smallest absolute Gasteiger partial charge is 0.242 e. The van der Waals surface area contributed by atoms with Crippen molar-refractivity contribution in [3.05, 3.63) is 24.4 Å². The first kappa shape index (κ1) is 9.67. The van der Waals surface area contributed by atoms with Gasteiger partial charge in [0.1, 0.15) is 5.82 Å². The molecule has 70 valence electrons. The molecule has 0 saturated carbocycles.